The van der Waals surface area contributed by atoms with Crippen LogP contribution in [0.25, 0.3) is 0 Å². The van der Waals surface area contributed by atoms with Crippen molar-refractivity contribution in [2.75, 3.05) is 13.4 Å². The van der Waals surface area contributed by atoms with Crippen molar-refractivity contribution in [2.45, 2.75) is 33.2 Å². The highest BCUT2D eigenvalue weighted by atomic mass is 16.7. The molecule has 0 amide bonds. The predicted molar refractivity (Wildman–Crippen MR) is 124 cm³/mol. The molecule has 3 aromatic rings. The molecule has 0 saturated carbocycles. The number of ether oxygens (including phenoxy) is 3. The third kappa shape index (κ3) is 4.33. The fourth-order valence-electron chi connectivity index (χ4n) is 3.82. The summed E-state index contributed by atoms with van der Waals surface area (Å²) in [4.78, 5) is 25.9. The number of Topliss-reactive ketones (excluding diaryl/α,β-unsaturated/α-hetero) is 1. The molecule has 0 bridgehead atoms. The maximum absolute atomic E-state index is 13.0. The van der Waals surface area contributed by atoms with E-state index in [9.17, 15) is 20.0 Å². The highest BCUT2D eigenvalue weighted by molar-refractivity contribution is 6.01. The van der Waals surface area contributed by atoms with Crippen molar-refractivity contribution in [3.05, 3.63) is 80.6 Å². The molecule has 1 aromatic heterocycles. The van der Waals surface area contributed by atoms with Crippen LogP contribution in [0.4, 0.5) is 0 Å². The molecule has 0 fully saturated rings. The summed E-state index contributed by atoms with van der Waals surface area (Å²) in [6.07, 6.45) is 0. The van der Waals surface area contributed by atoms with Crippen LogP contribution in [0.5, 0.6) is 23.1 Å². The zero-order valence-corrected chi connectivity index (χ0v) is 19.1. The SMILES string of the molecule is Cc1c(C(=O)COc2ccc(C(C)C)cc2)c(O)n(Cc2ccc3c(c2)OCO3)c(=O)c1C#N. The van der Waals surface area contributed by atoms with Gasteiger partial charge in [0.2, 0.25) is 18.5 Å². The molecule has 0 atom stereocenters. The minimum absolute atomic E-state index is 0.0614. The number of pyridine rings is 1. The second-order valence-corrected chi connectivity index (χ2v) is 8.32. The lowest BCUT2D eigenvalue weighted by atomic mass is 10.0. The minimum atomic E-state index is -0.683. The summed E-state index contributed by atoms with van der Waals surface area (Å²) in [5.41, 5.74) is 0.891. The summed E-state index contributed by atoms with van der Waals surface area (Å²) in [5, 5.41) is 20.5. The Morgan fingerprint density at radius 2 is 1.88 bits per heavy atom. The molecule has 1 aliphatic rings. The molecular weight excluding hydrogens is 436 g/mol. The molecule has 0 saturated heterocycles. The second-order valence-electron chi connectivity index (χ2n) is 8.32. The van der Waals surface area contributed by atoms with Gasteiger partial charge in [-0.25, -0.2) is 0 Å². The van der Waals surface area contributed by atoms with Gasteiger partial charge in [0.05, 0.1) is 12.1 Å². The van der Waals surface area contributed by atoms with Crippen LogP contribution in [-0.4, -0.2) is 28.9 Å². The Kier molecular flexibility index (Phi) is 6.28. The standard InChI is InChI=1S/C26H24N2O6/c1-15(2)18-5-7-19(8-6-18)32-13-21(29)24-16(3)20(11-27)25(30)28(26(24)31)12-17-4-9-22-23(10-17)34-14-33-22/h4-10,15,31H,12-14H2,1-3H3. The number of rotatable bonds is 7. The largest absolute Gasteiger partial charge is 0.494 e. The zero-order valence-electron chi connectivity index (χ0n) is 19.1. The van der Waals surface area contributed by atoms with E-state index in [1.54, 1.807) is 30.3 Å². The van der Waals surface area contributed by atoms with Crippen molar-refractivity contribution in [1.29, 1.82) is 5.26 Å². The molecule has 1 aliphatic heterocycles. The molecule has 174 valence electrons. The Morgan fingerprint density at radius 3 is 2.56 bits per heavy atom. The summed E-state index contributed by atoms with van der Waals surface area (Å²) in [6, 6.07) is 14.4. The second kappa shape index (κ2) is 9.32. The number of ketones is 1. The van der Waals surface area contributed by atoms with Gasteiger partial charge < -0.3 is 19.3 Å². The predicted octanol–water partition coefficient (Wildman–Crippen LogP) is 3.90. The topological polar surface area (TPSA) is 111 Å². The van der Waals surface area contributed by atoms with Gasteiger partial charge in [0.1, 0.15) is 17.4 Å². The number of fused-ring (bicyclic) bond motifs is 1. The number of carbonyl (C=O) groups is 1. The molecule has 0 unspecified atom stereocenters. The molecule has 8 heteroatoms. The number of aromatic hydroxyl groups is 1. The fourth-order valence-corrected chi connectivity index (χ4v) is 3.82. The third-order valence-corrected chi connectivity index (χ3v) is 5.77. The van der Waals surface area contributed by atoms with Crippen molar-refractivity contribution in [3.8, 4) is 29.2 Å². The van der Waals surface area contributed by atoms with E-state index >= 15 is 0 Å². The van der Waals surface area contributed by atoms with Gasteiger partial charge in [-0.15, -0.1) is 0 Å². The van der Waals surface area contributed by atoms with Crippen LogP contribution in [0.2, 0.25) is 0 Å². The summed E-state index contributed by atoms with van der Waals surface area (Å²) >= 11 is 0. The van der Waals surface area contributed by atoms with Gasteiger partial charge in [-0.2, -0.15) is 5.26 Å². The van der Waals surface area contributed by atoms with Crippen molar-refractivity contribution >= 4 is 5.78 Å². The highest BCUT2D eigenvalue weighted by Crippen LogP contribution is 2.33. The van der Waals surface area contributed by atoms with Gasteiger partial charge in [0.15, 0.2) is 18.1 Å². The van der Waals surface area contributed by atoms with Gasteiger partial charge in [-0.3, -0.25) is 14.2 Å². The van der Waals surface area contributed by atoms with Crippen LogP contribution in [0.15, 0.2) is 47.3 Å². The first-order valence-electron chi connectivity index (χ1n) is 10.8. The van der Waals surface area contributed by atoms with Crippen molar-refractivity contribution in [3.63, 3.8) is 0 Å². The van der Waals surface area contributed by atoms with E-state index in [4.69, 9.17) is 14.2 Å². The van der Waals surface area contributed by atoms with Gasteiger partial charge >= 0.3 is 0 Å². The normalized spacial score (nSPS) is 12.0. The van der Waals surface area contributed by atoms with E-state index in [0.717, 1.165) is 10.1 Å². The number of benzene rings is 2. The molecule has 0 aliphatic carbocycles. The van der Waals surface area contributed by atoms with Crippen LogP contribution in [-0.2, 0) is 6.54 Å². The Morgan fingerprint density at radius 1 is 1.18 bits per heavy atom. The van der Waals surface area contributed by atoms with Crippen LogP contribution in [0.3, 0.4) is 0 Å². The monoisotopic (exact) mass is 460 g/mol. The number of aromatic nitrogens is 1. The number of hydrogen-bond donors (Lipinski definition) is 1. The number of hydrogen-bond acceptors (Lipinski definition) is 7. The number of nitrogens with zero attached hydrogens (tertiary/aromatic N) is 2. The highest BCUT2D eigenvalue weighted by Gasteiger charge is 2.25. The molecule has 1 N–H and O–H groups in total. The van der Waals surface area contributed by atoms with E-state index in [1.165, 1.54) is 6.92 Å². The first-order valence-corrected chi connectivity index (χ1v) is 10.8. The fraction of sp³-hybridized carbons (Fsp3) is 0.269. The average Bonchev–Trinajstić information content (AvgIpc) is 3.29. The van der Waals surface area contributed by atoms with E-state index in [2.05, 4.69) is 13.8 Å². The molecule has 8 nitrogen and oxygen atoms in total. The smallest absolute Gasteiger partial charge is 0.271 e. The molecule has 2 heterocycles. The molecular formula is C26H24N2O6. The van der Waals surface area contributed by atoms with Gasteiger partial charge in [-0.1, -0.05) is 32.0 Å². The van der Waals surface area contributed by atoms with Crippen LogP contribution >= 0.6 is 0 Å². The van der Waals surface area contributed by atoms with Crippen molar-refractivity contribution < 1.29 is 24.1 Å². The quantitative estimate of drug-likeness (QED) is 0.533. The Bertz CT molecular complexity index is 1350. The molecule has 0 spiro atoms. The van der Waals surface area contributed by atoms with Gasteiger partial charge in [-0.05, 0) is 53.8 Å². The molecule has 2 aromatic carbocycles. The van der Waals surface area contributed by atoms with Crippen molar-refractivity contribution in [1.82, 2.24) is 4.57 Å². The maximum Gasteiger partial charge on any atom is 0.271 e. The maximum atomic E-state index is 13.0. The lowest BCUT2D eigenvalue weighted by molar-refractivity contribution is 0.0916. The van der Waals surface area contributed by atoms with E-state index in [-0.39, 0.29) is 36.6 Å². The van der Waals surface area contributed by atoms with Crippen LogP contribution in [0, 0.1) is 18.3 Å². The average molecular weight is 460 g/mol. The van der Waals surface area contributed by atoms with Gasteiger partial charge in [0, 0.05) is 0 Å². The Labute approximate surface area is 196 Å². The lowest BCUT2D eigenvalue weighted by Crippen LogP contribution is -2.28. The zero-order chi connectivity index (χ0) is 24.4. The third-order valence-electron chi connectivity index (χ3n) is 5.77. The number of nitriles is 1. The Balaban J connectivity index is 1.63. The summed E-state index contributed by atoms with van der Waals surface area (Å²) in [5.74, 6) is 0.915. The molecule has 34 heavy (non-hydrogen) atoms. The van der Waals surface area contributed by atoms with Crippen molar-refractivity contribution in [2.24, 2.45) is 0 Å². The first kappa shape index (κ1) is 22.9. The van der Waals surface area contributed by atoms with E-state index < -0.39 is 17.2 Å². The van der Waals surface area contributed by atoms with Crippen LogP contribution < -0.4 is 19.8 Å². The first-order chi connectivity index (χ1) is 16.3. The van der Waals surface area contributed by atoms with Crippen LogP contribution in [0.1, 0.15) is 52.4 Å². The summed E-state index contributed by atoms with van der Waals surface area (Å²) in [6.45, 7) is 5.31. The molecule has 0 radical (unpaired) electrons. The minimum Gasteiger partial charge on any atom is -0.494 e. The summed E-state index contributed by atoms with van der Waals surface area (Å²) in [7, 11) is 0. The lowest BCUT2D eigenvalue weighted by Gasteiger charge is -2.16. The van der Waals surface area contributed by atoms with E-state index in [0.29, 0.717) is 28.7 Å². The number of carbonyl (C=O) groups excluding carboxylic acids is 1. The van der Waals surface area contributed by atoms with Gasteiger partial charge in [0.25, 0.3) is 5.56 Å². The molecule has 4 rings (SSSR count). The van der Waals surface area contributed by atoms with E-state index in [1.807, 2.05) is 18.2 Å². The Hall–Kier alpha value is -4.25. The summed E-state index contributed by atoms with van der Waals surface area (Å²) < 4.78 is 17.3.